The van der Waals surface area contributed by atoms with Crippen molar-refractivity contribution in [1.29, 1.82) is 5.26 Å². The Morgan fingerprint density at radius 2 is 2.00 bits per heavy atom. The summed E-state index contributed by atoms with van der Waals surface area (Å²) in [4.78, 5) is 25.5. The zero-order valence-electron chi connectivity index (χ0n) is 14.7. The zero-order chi connectivity index (χ0) is 18.7. The number of ether oxygens (including phenoxy) is 1. The van der Waals surface area contributed by atoms with E-state index >= 15 is 0 Å². The smallest absolute Gasteiger partial charge is 0.271 e. The molecule has 0 saturated carbocycles. The largest absolute Gasteiger partial charge is 0.496 e. The van der Waals surface area contributed by atoms with Gasteiger partial charge in [-0.3, -0.25) is 14.2 Å². The third-order valence-electron chi connectivity index (χ3n) is 3.93. The molecule has 0 atom stereocenters. The molecular weight excluding hydrogens is 320 g/mol. The van der Waals surface area contributed by atoms with Crippen molar-refractivity contribution in [3.8, 4) is 17.7 Å². The number of aromatic hydroxyl groups is 1. The van der Waals surface area contributed by atoms with E-state index in [1.807, 2.05) is 19.9 Å². The van der Waals surface area contributed by atoms with Gasteiger partial charge in [0.1, 0.15) is 17.4 Å². The molecule has 2 aromatic rings. The second-order valence-electron chi connectivity index (χ2n) is 6.15. The van der Waals surface area contributed by atoms with Crippen molar-refractivity contribution in [3.05, 3.63) is 56.9 Å². The number of ketones is 1. The Morgan fingerprint density at radius 1 is 1.36 bits per heavy atom. The van der Waals surface area contributed by atoms with Gasteiger partial charge in [0.15, 0.2) is 0 Å². The summed E-state index contributed by atoms with van der Waals surface area (Å²) in [6.45, 7) is 5.44. The minimum Gasteiger partial charge on any atom is -0.496 e. The molecule has 0 unspecified atom stereocenters. The van der Waals surface area contributed by atoms with Gasteiger partial charge in [0.25, 0.3) is 5.56 Å². The van der Waals surface area contributed by atoms with Gasteiger partial charge in [0.05, 0.1) is 18.2 Å². The van der Waals surface area contributed by atoms with Crippen molar-refractivity contribution in [3.63, 3.8) is 0 Å². The van der Waals surface area contributed by atoms with Crippen molar-refractivity contribution < 1.29 is 14.6 Å². The number of benzene rings is 1. The number of nitrogens with zero attached hydrogens (tertiary/aromatic N) is 2. The number of pyridine rings is 1. The first-order valence-corrected chi connectivity index (χ1v) is 7.87. The number of carbonyl (C=O) groups excluding carboxylic acids is 1. The Labute approximate surface area is 145 Å². The molecule has 0 saturated heterocycles. The van der Waals surface area contributed by atoms with Crippen molar-refractivity contribution >= 4 is 5.78 Å². The molecule has 6 heteroatoms. The Morgan fingerprint density at radius 3 is 2.56 bits per heavy atom. The Balaban J connectivity index is 2.79. The highest BCUT2D eigenvalue weighted by Crippen LogP contribution is 2.28. The second kappa shape index (κ2) is 7.22. The molecule has 0 spiro atoms. The van der Waals surface area contributed by atoms with E-state index < -0.39 is 17.2 Å². The summed E-state index contributed by atoms with van der Waals surface area (Å²) < 4.78 is 6.29. The molecule has 25 heavy (non-hydrogen) atoms. The van der Waals surface area contributed by atoms with E-state index in [4.69, 9.17) is 4.74 Å². The maximum absolute atomic E-state index is 13.0. The molecule has 0 aliphatic rings. The number of carbonyl (C=O) groups is 1. The maximum atomic E-state index is 13.0. The molecular formula is C19H20N2O4. The van der Waals surface area contributed by atoms with Gasteiger partial charge in [-0.05, 0) is 30.5 Å². The third kappa shape index (κ3) is 3.26. The standard InChI is InChI=1S/C19H20N2O4/c1-11(2)10-21-18(23)14(9-20)12(3)16(19(21)24)17(22)13-7-5-6-8-15(13)25-4/h5-8,11,24H,10H2,1-4H3. The van der Waals surface area contributed by atoms with Gasteiger partial charge in [-0.15, -0.1) is 0 Å². The van der Waals surface area contributed by atoms with E-state index in [1.165, 1.54) is 14.0 Å². The first-order valence-electron chi connectivity index (χ1n) is 7.87. The van der Waals surface area contributed by atoms with Crippen LogP contribution in [0.4, 0.5) is 0 Å². The lowest BCUT2D eigenvalue weighted by Crippen LogP contribution is -2.28. The molecule has 130 valence electrons. The van der Waals surface area contributed by atoms with E-state index in [2.05, 4.69) is 0 Å². The highest BCUT2D eigenvalue weighted by Gasteiger charge is 2.26. The van der Waals surface area contributed by atoms with Crippen LogP contribution in [0, 0.1) is 24.2 Å². The number of hydrogen-bond acceptors (Lipinski definition) is 5. The quantitative estimate of drug-likeness (QED) is 0.845. The predicted octanol–water partition coefficient (Wildman–Crippen LogP) is 2.63. The highest BCUT2D eigenvalue weighted by molar-refractivity contribution is 6.13. The van der Waals surface area contributed by atoms with Crippen LogP contribution in [0.5, 0.6) is 11.6 Å². The Bertz CT molecular complexity index is 920. The predicted molar refractivity (Wildman–Crippen MR) is 93.1 cm³/mol. The molecule has 1 aromatic carbocycles. The van der Waals surface area contributed by atoms with Crippen LogP contribution >= 0.6 is 0 Å². The molecule has 1 heterocycles. The van der Waals surface area contributed by atoms with E-state index in [-0.39, 0.29) is 34.7 Å². The molecule has 0 aliphatic heterocycles. The molecule has 0 aliphatic carbocycles. The molecule has 0 amide bonds. The average Bonchev–Trinajstić information content (AvgIpc) is 2.58. The summed E-state index contributed by atoms with van der Waals surface area (Å²) in [5.74, 6) is -0.522. The summed E-state index contributed by atoms with van der Waals surface area (Å²) in [6, 6.07) is 8.46. The van der Waals surface area contributed by atoms with Crippen LogP contribution in [0.15, 0.2) is 29.1 Å². The van der Waals surface area contributed by atoms with Gasteiger partial charge in [-0.2, -0.15) is 5.26 Å². The lowest BCUT2D eigenvalue weighted by Gasteiger charge is -2.17. The fraction of sp³-hybridized carbons (Fsp3) is 0.316. The van der Waals surface area contributed by atoms with Crippen LogP contribution in [-0.4, -0.2) is 22.6 Å². The average molecular weight is 340 g/mol. The van der Waals surface area contributed by atoms with Crippen LogP contribution in [0.3, 0.4) is 0 Å². The molecule has 0 fully saturated rings. The molecule has 0 radical (unpaired) electrons. The van der Waals surface area contributed by atoms with E-state index in [1.54, 1.807) is 24.3 Å². The normalized spacial score (nSPS) is 10.6. The summed E-state index contributed by atoms with van der Waals surface area (Å²) in [5.41, 5.74) is -0.372. The number of methoxy groups -OCH3 is 1. The summed E-state index contributed by atoms with van der Waals surface area (Å²) >= 11 is 0. The monoisotopic (exact) mass is 340 g/mol. The number of aromatic nitrogens is 1. The number of hydrogen-bond donors (Lipinski definition) is 1. The van der Waals surface area contributed by atoms with Crippen molar-refractivity contribution in [1.82, 2.24) is 4.57 Å². The number of para-hydroxylation sites is 1. The zero-order valence-corrected chi connectivity index (χ0v) is 14.7. The summed E-state index contributed by atoms with van der Waals surface area (Å²) in [7, 11) is 1.44. The van der Waals surface area contributed by atoms with Crippen LogP contribution in [-0.2, 0) is 6.54 Å². The highest BCUT2D eigenvalue weighted by atomic mass is 16.5. The third-order valence-corrected chi connectivity index (χ3v) is 3.93. The molecule has 1 N–H and O–H groups in total. The van der Waals surface area contributed by atoms with Gasteiger partial charge in [0, 0.05) is 6.54 Å². The number of nitriles is 1. The van der Waals surface area contributed by atoms with Crippen molar-refractivity contribution in [2.75, 3.05) is 7.11 Å². The van der Waals surface area contributed by atoms with Crippen LogP contribution in [0.2, 0.25) is 0 Å². The topological polar surface area (TPSA) is 92.3 Å². The van der Waals surface area contributed by atoms with Crippen LogP contribution in [0.1, 0.15) is 40.9 Å². The van der Waals surface area contributed by atoms with Gasteiger partial charge >= 0.3 is 0 Å². The van der Waals surface area contributed by atoms with E-state index in [9.17, 15) is 20.0 Å². The first-order chi connectivity index (χ1) is 11.8. The minimum absolute atomic E-state index is 0.0482. The van der Waals surface area contributed by atoms with E-state index in [0.717, 1.165) is 4.57 Å². The maximum Gasteiger partial charge on any atom is 0.271 e. The first kappa shape index (κ1) is 18.3. The summed E-state index contributed by atoms with van der Waals surface area (Å²) in [5, 5.41) is 20.0. The lowest BCUT2D eigenvalue weighted by atomic mass is 9.96. The summed E-state index contributed by atoms with van der Waals surface area (Å²) in [6.07, 6.45) is 0. The van der Waals surface area contributed by atoms with Crippen LogP contribution < -0.4 is 10.3 Å². The van der Waals surface area contributed by atoms with Crippen LogP contribution in [0.25, 0.3) is 0 Å². The van der Waals surface area contributed by atoms with Gasteiger partial charge in [0.2, 0.25) is 11.7 Å². The fourth-order valence-corrected chi connectivity index (χ4v) is 2.72. The lowest BCUT2D eigenvalue weighted by molar-refractivity contribution is 0.103. The van der Waals surface area contributed by atoms with Crippen molar-refractivity contribution in [2.24, 2.45) is 5.92 Å². The molecule has 6 nitrogen and oxygen atoms in total. The van der Waals surface area contributed by atoms with E-state index in [0.29, 0.717) is 5.75 Å². The van der Waals surface area contributed by atoms with Gasteiger partial charge < -0.3 is 9.84 Å². The fourth-order valence-electron chi connectivity index (χ4n) is 2.72. The Kier molecular flexibility index (Phi) is 5.28. The SMILES string of the molecule is COc1ccccc1C(=O)c1c(C)c(C#N)c(=O)n(CC(C)C)c1O. The molecule has 1 aromatic heterocycles. The van der Waals surface area contributed by atoms with Crippen molar-refractivity contribution in [2.45, 2.75) is 27.3 Å². The minimum atomic E-state index is -0.595. The Hall–Kier alpha value is -3.07. The second-order valence-corrected chi connectivity index (χ2v) is 6.15. The number of rotatable bonds is 5. The molecule has 0 bridgehead atoms. The van der Waals surface area contributed by atoms with Gasteiger partial charge in [-0.1, -0.05) is 26.0 Å². The molecule has 2 rings (SSSR count). The van der Waals surface area contributed by atoms with Gasteiger partial charge in [-0.25, -0.2) is 0 Å².